The molecule has 0 bridgehead atoms. The fourth-order valence-electron chi connectivity index (χ4n) is 2.07. The summed E-state index contributed by atoms with van der Waals surface area (Å²) in [6, 6.07) is 12.5. The van der Waals surface area contributed by atoms with E-state index in [0.29, 0.717) is 21.3 Å². The fraction of sp³-hybridized carbons (Fsp3) is 0.0588. The number of carbonyl (C=O) groups is 1. The van der Waals surface area contributed by atoms with Gasteiger partial charge in [-0.15, -0.1) is 0 Å². The number of amidine groups is 1. The van der Waals surface area contributed by atoms with E-state index in [4.69, 9.17) is 0 Å². The van der Waals surface area contributed by atoms with Gasteiger partial charge in [-0.05, 0) is 47.7 Å². The molecule has 0 saturated carbocycles. The van der Waals surface area contributed by atoms with E-state index in [1.165, 1.54) is 34.9 Å². The molecule has 2 aromatic rings. The number of rotatable bonds is 2. The fourth-order valence-corrected chi connectivity index (χ4v) is 3.06. The van der Waals surface area contributed by atoms with Crippen molar-refractivity contribution in [2.75, 3.05) is 7.05 Å². The number of hydrogen-bond acceptors (Lipinski definition) is 4. The summed E-state index contributed by atoms with van der Waals surface area (Å²) in [4.78, 5) is 18.5. The third-order valence-corrected chi connectivity index (χ3v) is 4.26. The molecule has 1 fully saturated rings. The second-order valence-corrected chi connectivity index (χ2v) is 5.95. The highest BCUT2D eigenvalue weighted by Gasteiger charge is 2.30. The zero-order valence-corrected chi connectivity index (χ0v) is 13.0. The van der Waals surface area contributed by atoms with Crippen molar-refractivity contribution in [2.45, 2.75) is 0 Å². The van der Waals surface area contributed by atoms with Crippen molar-refractivity contribution in [2.24, 2.45) is 4.99 Å². The number of phenols is 1. The second kappa shape index (κ2) is 6.26. The summed E-state index contributed by atoms with van der Waals surface area (Å²) in [5.41, 5.74) is 1.17. The van der Waals surface area contributed by atoms with Crippen molar-refractivity contribution in [3.8, 4) is 5.75 Å². The molecule has 1 aliphatic heterocycles. The lowest BCUT2D eigenvalue weighted by Crippen LogP contribution is -2.23. The summed E-state index contributed by atoms with van der Waals surface area (Å²) in [7, 11) is 1.63. The largest absolute Gasteiger partial charge is 0.508 e. The summed E-state index contributed by atoms with van der Waals surface area (Å²) in [6.07, 6.45) is 1.64. The third kappa shape index (κ3) is 3.43. The van der Waals surface area contributed by atoms with Crippen LogP contribution in [-0.2, 0) is 4.79 Å². The van der Waals surface area contributed by atoms with Crippen LogP contribution in [0.3, 0.4) is 0 Å². The van der Waals surface area contributed by atoms with Gasteiger partial charge in [-0.3, -0.25) is 9.69 Å². The molecule has 2 aromatic carbocycles. The van der Waals surface area contributed by atoms with Gasteiger partial charge in [-0.2, -0.15) is 0 Å². The van der Waals surface area contributed by atoms with Gasteiger partial charge in [0.25, 0.3) is 5.91 Å². The maximum atomic E-state index is 13.2. The number of benzene rings is 2. The molecule has 116 valence electrons. The van der Waals surface area contributed by atoms with Crippen molar-refractivity contribution in [3.05, 3.63) is 64.8 Å². The summed E-state index contributed by atoms with van der Waals surface area (Å²) >= 11 is 1.21. The Morgan fingerprint density at radius 1 is 1.22 bits per heavy atom. The number of halogens is 1. The van der Waals surface area contributed by atoms with Crippen LogP contribution in [-0.4, -0.2) is 28.1 Å². The van der Waals surface area contributed by atoms with Gasteiger partial charge in [-0.1, -0.05) is 18.2 Å². The highest BCUT2D eigenvalue weighted by atomic mass is 32.2. The number of amides is 1. The number of likely N-dealkylation sites (N-methyl/N-ethyl adjacent to an activating group) is 1. The van der Waals surface area contributed by atoms with E-state index >= 15 is 0 Å². The number of hydrogen-bond donors (Lipinski definition) is 1. The minimum atomic E-state index is -0.350. The lowest BCUT2D eigenvalue weighted by atomic mass is 10.2. The van der Waals surface area contributed by atoms with Crippen LogP contribution in [0.1, 0.15) is 5.56 Å². The van der Waals surface area contributed by atoms with Crippen LogP contribution in [0.2, 0.25) is 0 Å². The van der Waals surface area contributed by atoms with Crippen LogP contribution in [0, 0.1) is 5.82 Å². The minimum absolute atomic E-state index is 0.111. The summed E-state index contributed by atoms with van der Waals surface area (Å²) in [6.45, 7) is 0. The molecule has 1 saturated heterocycles. The second-order valence-electron chi connectivity index (χ2n) is 4.94. The Balaban J connectivity index is 1.91. The molecule has 1 N–H and O–H groups in total. The first-order valence-electron chi connectivity index (χ1n) is 6.84. The molecule has 1 heterocycles. The smallest absolute Gasteiger partial charge is 0.266 e. The van der Waals surface area contributed by atoms with E-state index < -0.39 is 0 Å². The van der Waals surface area contributed by atoms with Crippen LogP contribution in [0.4, 0.5) is 10.1 Å². The van der Waals surface area contributed by atoms with Crippen LogP contribution in [0.25, 0.3) is 6.08 Å². The summed E-state index contributed by atoms with van der Waals surface area (Å²) in [5, 5.41) is 9.98. The molecule has 0 unspecified atom stereocenters. The van der Waals surface area contributed by atoms with Gasteiger partial charge in [-0.25, -0.2) is 9.38 Å². The molecule has 6 heteroatoms. The van der Waals surface area contributed by atoms with Gasteiger partial charge < -0.3 is 5.11 Å². The van der Waals surface area contributed by atoms with E-state index in [0.717, 1.165) is 0 Å². The number of carbonyl (C=O) groups excluding carboxylic acids is 1. The third-order valence-electron chi connectivity index (χ3n) is 3.20. The molecule has 0 radical (unpaired) electrons. The lowest BCUT2D eigenvalue weighted by Gasteiger charge is -2.07. The predicted molar refractivity (Wildman–Crippen MR) is 89.9 cm³/mol. The zero-order valence-electron chi connectivity index (χ0n) is 12.2. The monoisotopic (exact) mass is 328 g/mol. The molecular formula is C17H13FN2O2S. The van der Waals surface area contributed by atoms with Gasteiger partial charge in [0.1, 0.15) is 11.6 Å². The van der Waals surface area contributed by atoms with Gasteiger partial charge in [0.15, 0.2) is 5.17 Å². The first-order chi connectivity index (χ1) is 11.0. The SMILES string of the molecule is CN1C(=O)/C(=C/c2cccc(F)c2)SC1=Nc1cccc(O)c1. The lowest BCUT2D eigenvalue weighted by molar-refractivity contribution is -0.121. The zero-order chi connectivity index (χ0) is 16.4. The highest BCUT2D eigenvalue weighted by Crippen LogP contribution is 2.33. The molecular weight excluding hydrogens is 315 g/mol. The van der Waals surface area contributed by atoms with Gasteiger partial charge >= 0.3 is 0 Å². The summed E-state index contributed by atoms with van der Waals surface area (Å²) < 4.78 is 13.2. The van der Waals surface area contributed by atoms with Crippen molar-refractivity contribution in [3.63, 3.8) is 0 Å². The predicted octanol–water partition coefficient (Wildman–Crippen LogP) is 3.77. The van der Waals surface area contributed by atoms with E-state index in [-0.39, 0.29) is 17.5 Å². The first-order valence-corrected chi connectivity index (χ1v) is 7.65. The molecule has 1 aliphatic rings. The van der Waals surface area contributed by atoms with Crippen LogP contribution >= 0.6 is 11.8 Å². The molecule has 0 aliphatic carbocycles. The van der Waals surface area contributed by atoms with E-state index in [1.54, 1.807) is 43.5 Å². The number of aromatic hydroxyl groups is 1. The Morgan fingerprint density at radius 2 is 2.00 bits per heavy atom. The Kier molecular flexibility index (Phi) is 4.16. The van der Waals surface area contributed by atoms with Crippen molar-refractivity contribution in [1.29, 1.82) is 0 Å². The summed E-state index contributed by atoms with van der Waals surface area (Å²) in [5.74, 6) is -0.436. The molecule has 0 atom stereocenters. The maximum absolute atomic E-state index is 13.2. The average Bonchev–Trinajstić information content (AvgIpc) is 2.76. The Hall–Kier alpha value is -2.60. The Morgan fingerprint density at radius 3 is 2.74 bits per heavy atom. The normalized spacial score (nSPS) is 18.2. The van der Waals surface area contributed by atoms with Crippen LogP contribution < -0.4 is 0 Å². The van der Waals surface area contributed by atoms with E-state index in [2.05, 4.69) is 4.99 Å². The molecule has 4 nitrogen and oxygen atoms in total. The average molecular weight is 328 g/mol. The van der Waals surface area contributed by atoms with Crippen LogP contribution in [0.15, 0.2) is 58.4 Å². The van der Waals surface area contributed by atoms with Crippen molar-refractivity contribution < 1.29 is 14.3 Å². The minimum Gasteiger partial charge on any atom is -0.508 e. The highest BCUT2D eigenvalue weighted by molar-refractivity contribution is 8.18. The van der Waals surface area contributed by atoms with Crippen LogP contribution in [0.5, 0.6) is 5.75 Å². The molecule has 3 rings (SSSR count). The van der Waals surface area contributed by atoms with Gasteiger partial charge in [0.2, 0.25) is 0 Å². The quantitative estimate of drug-likeness (QED) is 0.854. The van der Waals surface area contributed by atoms with Crippen molar-refractivity contribution in [1.82, 2.24) is 4.90 Å². The molecule has 23 heavy (non-hydrogen) atoms. The standard InChI is InChI=1S/C17H13FN2O2S/c1-20-16(22)15(9-11-4-2-5-12(18)8-11)23-17(20)19-13-6-3-7-14(21)10-13/h2-10,21H,1H3/b15-9-,19-17?. The number of phenolic OH excluding ortho intramolecular Hbond substituents is 1. The number of aliphatic imine (C=N–C) groups is 1. The Labute approximate surface area is 137 Å². The molecule has 1 amide bonds. The molecule has 0 spiro atoms. The van der Waals surface area contributed by atoms with E-state index in [1.807, 2.05) is 0 Å². The number of nitrogens with zero attached hydrogens (tertiary/aromatic N) is 2. The van der Waals surface area contributed by atoms with Crippen molar-refractivity contribution >= 4 is 34.6 Å². The van der Waals surface area contributed by atoms with E-state index in [9.17, 15) is 14.3 Å². The topological polar surface area (TPSA) is 52.9 Å². The number of thioether (sulfide) groups is 1. The maximum Gasteiger partial charge on any atom is 0.266 e. The van der Waals surface area contributed by atoms with Gasteiger partial charge in [0, 0.05) is 13.1 Å². The Bertz CT molecular complexity index is 833. The van der Waals surface area contributed by atoms with Gasteiger partial charge in [0.05, 0.1) is 10.6 Å². The first kappa shape index (κ1) is 15.3. The molecule has 0 aromatic heterocycles.